The fourth-order valence-electron chi connectivity index (χ4n) is 3.46. The van der Waals surface area contributed by atoms with E-state index in [9.17, 15) is 0 Å². The molecule has 6 nitrogen and oxygen atoms in total. The number of methoxy groups -OCH3 is 1. The van der Waals surface area contributed by atoms with E-state index in [-0.39, 0.29) is 0 Å². The second-order valence-electron chi connectivity index (χ2n) is 8.19. The van der Waals surface area contributed by atoms with Gasteiger partial charge in [0.1, 0.15) is 30.3 Å². The van der Waals surface area contributed by atoms with E-state index >= 15 is 0 Å². The average Bonchev–Trinajstić information content (AvgIpc) is 2.96. The number of benzene rings is 2. The molecule has 1 aliphatic heterocycles. The molecule has 1 saturated heterocycles. The standard InChI is InChI=1S/C24H33ClN2O4/c1-26(2)11-14-30-22-9-7-20(8-10-22)16-27-12-13-29-18-24(17-27,28-3)19-31-23-6-4-5-21(25)15-23/h4-10,15H,11-14,16-19H2,1-3H3/t24-/m1/s1. The first kappa shape index (κ1) is 23.8. The summed E-state index contributed by atoms with van der Waals surface area (Å²) in [6, 6.07) is 15.7. The van der Waals surface area contributed by atoms with Gasteiger partial charge in [0.2, 0.25) is 0 Å². The van der Waals surface area contributed by atoms with E-state index < -0.39 is 5.60 Å². The average molecular weight is 449 g/mol. The van der Waals surface area contributed by atoms with Crippen molar-refractivity contribution < 1.29 is 18.9 Å². The largest absolute Gasteiger partial charge is 0.492 e. The van der Waals surface area contributed by atoms with Crippen molar-refractivity contribution in [3.63, 3.8) is 0 Å². The smallest absolute Gasteiger partial charge is 0.137 e. The highest BCUT2D eigenvalue weighted by Gasteiger charge is 2.36. The lowest BCUT2D eigenvalue weighted by Crippen LogP contribution is -2.50. The SMILES string of the molecule is CO[C@@]1(COc2cccc(Cl)c2)COCCN(Cc2ccc(OCCN(C)C)cc2)C1. The fourth-order valence-corrected chi connectivity index (χ4v) is 3.64. The number of rotatable bonds is 10. The van der Waals surface area contributed by atoms with Gasteiger partial charge >= 0.3 is 0 Å². The zero-order chi connectivity index (χ0) is 22.1. The number of ether oxygens (including phenoxy) is 4. The van der Waals surface area contributed by atoms with Gasteiger partial charge in [-0.2, -0.15) is 0 Å². The van der Waals surface area contributed by atoms with Crippen LogP contribution < -0.4 is 9.47 Å². The van der Waals surface area contributed by atoms with Crippen LogP contribution in [0, 0.1) is 0 Å². The zero-order valence-corrected chi connectivity index (χ0v) is 19.4. The molecule has 0 amide bonds. The Morgan fingerprint density at radius 1 is 1.10 bits per heavy atom. The Morgan fingerprint density at radius 2 is 1.90 bits per heavy atom. The molecule has 2 aromatic carbocycles. The van der Waals surface area contributed by atoms with E-state index in [1.54, 1.807) is 7.11 Å². The summed E-state index contributed by atoms with van der Waals surface area (Å²) in [5.41, 5.74) is 0.677. The van der Waals surface area contributed by atoms with Crippen molar-refractivity contribution in [3.05, 3.63) is 59.1 Å². The quantitative estimate of drug-likeness (QED) is 0.553. The summed E-state index contributed by atoms with van der Waals surface area (Å²) in [5, 5.41) is 0.650. The van der Waals surface area contributed by atoms with Crippen molar-refractivity contribution in [2.75, 3.05) is 67.3 Å². The molecule has 31 heavy (non-hydrogen) atoms. The maximum Gasteiger partial charge on any atom is 0.137 e. The third-order valence-corrected chi connectivity index (χ3v) is 5.53. The Balaban J connectivity index is 1.58. The molecule has 0 radical (unpaired) electrons. The van der Waals surface area contributed by atoms with Gasteiger partial charge < -0.3 is 23.8 Å². The van der Waals surface area contributed by atoms with Crippen LogP contribution in [0.1, 0.15) is 5.56 Å². The molecular weight excluding hydrogens is 416 g/mol. The zero-order valence-electron chi connectivity index (χ0n) is 18.7. The molecule has 0 aliphatic carbocycles. The minimum absolute atomic E-state index is 0.388. The summed E-state index contributed by atoms with van der Waals surface area (Å²) in [4.78, 5) is 4.45. The topological polar surface area (TPSA) is 43.4 Å². The number of halogens is 1. The highest BCUT2D eigenvalue weighted by Crippen LogP contribution is 2.23. The van der Waals surface area contributed by atoms with Crippen molar-refractivity contribution >= 4 is 11.6 Å². The van der Waals surface area contributed by atoms with Crippen LogP contribution in [0.2, 0.25) is 5.02 Å². The van der Waals surface area contributed by atoms with E-state index in [1.165, 1.54) is 5.56 Å². The number of hydrogen-bond acceptors (Lipinski definition) is 6. The van der Waals surface area contributed by atoms with Gasteiger partial charge in [-0.3, -0.25) is 4.90 Å². The van der Waals surface area contributed by atoms with Crippen LogP contribution in [0.3, 0.4) is 0 Å². The monoisotopic (exact) mass is 448 g/mol. The molecule has 2 aromatic rings. The fraction of sp³-hybridized carbons (Fsp3) is 0.500. The molecule has 3 rings (SSSR count). The summed E-state index contributed by atoms with van der Waals surface area (Å²) in [6.07, 6.45) is 0. The Bertz CT molecular complexity index is 802. The first-order valence-corrected chi connectivity index (χ1v) is 11.0. The first-order valence-electron chi connectivity index (χ1n) is 10.6. The number of likely N-dealkylation sites (N-methyl/N-ethyl adjacent to an activating group) is 1. The lowest BCUT2D eigenvalue weighted by molar-refractivity contribution is -0.0925. The third-order valence-electron chi connectivity index (χ3n) is 5.30. The first-order chi connectivity index (χ1) is 15.0. The van der Waals surface area contributed by atoms with Crippen LogP contribution in [-0.4, -0.2) is 82.7 Å². The molecule has 0 saturated carbocycles. The predicted molar refractivity (Wildman–Crippen MR) is 123 cm³/mol. The Hall–Kier alpha value is -1.83. The van der Waals surface area contributed by atoms with E-state index in [0.717, 1.165) is 31.1 Å². The molecule has 0 N–H and O–H groups in total. The molecule has 1 fully saturated rings. The summed E-state index contributed by atoms with van der Waals surface area (Å²) in [5.74, 6) is 1.62. The van der Waals surface area contributed by atoms with Crippen molar-refractivity contribution in [2.24, 2.45) is 0 Å². The van der Waals surface area contributed by atoms with Crippen LogP contribution in [0.25, 0.3) is 0 Å². The summed E-state index contributed by atoms with van der Waals surface area (Å²) in [6.45, 7) is 5.47. The molecule has 0 aromatic heterocycles. The van der Waals surface area contributed by atoms with Crippen LogP contribution in [0.15, 0.2) is 48.5 Å². The second-order valence-corrected chi connectivity index (χ2v) is 8.63. The van der Waals surface area contributed by atoms with E-state index in [1.807, 2.05) is 50.5 Å². The Morgan fingerprint density at radius 3 is 2.61 bits per heavy atom. The highest BCUT2D eigenvalue weighted by molar-refractivity contribution is 6.30. The van der Waals surface area contributed by atoms with Crippen LogP contribution in [0.4, 0.5) is 0 Å². The third kappa shape index (κ3) is 7.66. The molecule has 0 spiro atoms. The maximum atomic E-state index is 6.07. The van der Waals surface area contributed by atoms with Crippen LogP contribution in [0.5, 0.6) is 11.5 Å². The lowest BCUT2D eigenvalue weighted by atomic mass is 10.1. The van der Waals surface area contributed by atoms with Gasteiger partial charge in [0.25, 0.3) is 0 Å². The maximum absolute atomic E-state index is 6.07. The molecule has 170 valence electrons. The number of hydrogen-bond donors (Lipinski definition) is 0. The van der Waals surface area contributed by atoms with Gasteiger partial charge in [0.05, 0.1) is 13.2 Å². The predicted octanol–water partition coefficient (Wildman–Crippen LogP) is 3.58. The molecule has 1 heterocycles. The second kappa shape index (κ2) is 11.7. The Kier molecular flexibility index (Phi) is 8.99. The van der Waals surface area contributed by atoms with Gasteiger partial charge in [-0.1, -0.05) is 29.8 Å². The summed E-state index contributed by atoms with van der Waals surface area (Å²) in [7, 11) is 5.79. The summed E-state index contributed by atoms with van der Waals surface area (Å²) >= 11 is 6.07. The van der Waals surface area contributed by atoms with Gasteiger partial charge in [-0.15, -0.1) is 0 Å². The van der Waals surface area contributed by atoms with E-state index in [2.05, 4.69) is 21.9 Å². The summed E-state index contributed by atoms with van der Waals surface area (Å²) < 4.78 is 23.6. The van der Waals surface area contributed by atoms with Crippen molar-refractivity contribution in [1.82, 2.24) is 9.80 Å². The molecule has 1 atom stereocenters. The highest BCUT2D eigenvalue weighted by atomic mass is 35.5. The van der Waals surface area contributed by atoms with Crippen LogP contribution >= 0.6 is 11.6 Å². The van der Waals surface area contributed by atoms with Crippen molar-refractivity contribution in [3.8, 4) is 11.5 Å². The van der Waals surface area contributed by atoms with Crippen molar-refractivity contribution in [1.29, 1.82) is 0 Å². The van der Waals surface area contributed by atoms with Crippen LogP contribution in [-0.2, 0) is 16.0 Å². The van der Waals surface area contributed by atoms with Gasteiger partial charge in [0.15, 0.2) is 0 Å². The molecule has 0 unspecified atom stereocenters. The molecule has 7 heteroatoms. The van der Waals surface area contributed by atoms with E-state index in [4.69, 9.17) is 30.5 Å². The van der Waals surface area contributed by atoms with Gasteiger partial charge in [-0.05, 0) is 50.0 Å². The van der Waals surface area contributed by atoms with Gasteiger partial charge in [0, 0.05) is 38.3 Å². The lowest BCUT2D eigenvalue weighted by Gasteiger charge is -2.34. The minimum Gasteiger partial charge on any atom is -0.492 e. The molecular formula is C24H33ClN2O4. The van der Waals surface area contributed by atoms with Gasteiger partial charge in [-0.25, -0.2) is 0 Å². The molecule has 1 aliphatic rings. The minimum atomic E-state index is -0.548. The molecule has 0 bridgehead atoms. The van der Waals surface area contributed by atoms with E-state index in [0.29, 0.717) is 38.0 Å². The Labute approximate surface area is 190 Å². The van der Waals surface area contributed by atoms with Crippen molar-refractivity contribution in [2.45, 2.75) is 12.1 Å². The number of nitrogens with zero attached hydrogens (tertiary/aromatic N) is 2. The normalized spacial score (nSPS) is 19.9.